The predicted molar refractivity (Wildman–Crippen MR) is 97.8 cm³/mol. The Labute approximate surface area is 147 Å². The second-order valence-electron chi connectivity index (χ2n) is 5.70. The highest BCUT2D eigenvalue weighted by atomic mass is 16.5. The Kier molecular flexibility index (Phi) is 6.54. The van der Waals surface area contributed by atoms with Gasteiger partial charge in [-0.1, -0.05) is 30.3 Å². The average Bonchev–Trinajstić information content (AvgIpc) is 2.61. The van der Waals surface area contributed by atoms with Gasteiger partial charge in [-0.15, -0.1) is 0 Å². The van der Waals surface area contributed by atoms with Crippen LogP contribution in [0.3, 0.4) is 0 Å². The highest BCUT2D eigenvalue weighted by molar-refractivity contribution is 5.98. The third-order valence-corrected chi connectivity index (χ3v) is 3.75. The van der Waals surface area contributed by atoms with Gasteiger partial charge >= 0.3 is 0 Å². The molecular formula is C19H23N3O3. The standard InChI is InChI=1S/C19H23N3O3/c1-21-19(24)14-8-9-17(25-2)16(11-14)22-18(23)12-15(20)10-13-6-4-3-5-7-13/h3-9,11,15H,10,12,20H2,1-2H3,(H,21,24)(H,22,23). The van der Waals surface area contributed by atoms with Crippen LogP contribution in [0.2, 0.25) is 0 Å². The summed E-state index contributed by atoms with van der Waals surface area (Å²) in [6.45, 7) is 0. The molecule has 1 unspecified atom stereocenters. The summed E-state index contributed by atoms with van der Waals surface area (Å²) in [5.74, 6) is 0.0207. The maximum atomic E-state index is 12.3. The third kappa shape index (κ3) is 5.32. The number of carbonyl (C=O) groups excluding carboxylic acids is 2. The summed E-state index contributed by atoms with van der Waals surface area (Å²) in [7, 11) is 3.05. The fourth-order valence-electron chi connectivity index (χ4n) is 2.52. The summed E-state index contributed by atoms with van der Waals surface area (Å²) in [5.41, 5.74) is 8.04. The number of carbonyl (C=O) groups is 2. The lowest BCUT2D eigenvalue weighted by Gasteiger charge is -2.14. The van der Waals surface area contributed by atoms with E-state index >= 15 is 0 Å². The van der Waals surface area contributed by atoms with Crippen LogP contribution >= 0.6 is 0 Å². The number of nitrogens with one attached hydrogen (secondary N) is 2. The van der Waals surface area contributed by atoms with Crippen molar-refractivity contribution in [1.82, 2.24) is 5.32 Å². The lowest BCUT2D eigenvalue weighted by atomic mass is 10.0. The van der Waals surface area contributed by atoms with Gasteiger partial charge in [0.25, 0.3) is 5.91 Å². The van der Waals surface area contributed by atoms with Gasteiger partial charge in [-0.2, -0.15) is 0 Å². The Morgan fingerprint density at radius 1 is 1.16 bits per heavy atom. The molecule has 25 heavy (non-hydrogen) atoms. The van der Waals surface area contributed by atoms with Crippen LogP contribution in [0, 0.1) is 0 Å². The molecule has 2 aromatic carbocycles. The minimum Gasteiger partial charge on any atom is -0.495 e. The van der Waals surface area contributed by atoms with Crippen LogP contribution < -0.4 is 21.1 Å². The number of hydrogen-bond donors (Lipinski definition) is 3. The minimum atomic E-state index is -0.296. The summed E-state index contributed by atoms with van der Waals surface area (Å²) < 4.78 is 5.24. The van der Waals surface area contributed by atoms with Crippen molar-refractivity contribution >= 4 is 17.5 Å². The molecule has 2 rings (SSSR count). The summed E-state index contributed by atoms with van der Waals surface area (Å²) in [5, 5.41) is 5.32. The van der Waals surface area contributed by atoms with Gasteiger partial charge < -0.3 is 21.1 Å². The van der Waals surface area contributed by atoms with E-state index in [1.807, 2.05) is 30.3 Å². The van der Waals surface area contributed by atoms with Gasteiger partial charge in [0.05, 0.1) is 12.8 Å². The van der Waals surface area contributed by atoms with Crippen molar-refractivity contribution in [3.8, 4) is 5.75 Å². The highest BCUT2D eigenvalue weighted by Crippen LogP contribution is 2.25. The molecule has 0 saturated carbocycles. The zero-order valence-corrected chi connectivity index (χ0v) is 14.4. The summed E-state index contributed by atoms with van der Waals surface area (Å²) in [6.07, 6.45) is 0.784. The Hall–Kier alpha value is -2.86. The van der Waals surface area contributed by atoms with Crippen LogP contribution in [-0.2, 0) is 11.2 Å². The Balaban J connectivity index is 2.02. The molecule has 1 atom stereocenters. The van der Waals surface area contributed by atoms with Gasteiger partial charge in [-0.3, -0.25) is 9.59 Å². The summed E-state index contributed by atoms with van der Waals surface area (Å²) >= 11 is 0. The van der Waals surface area contributed by atoms with Crippen molar-refractivity contribution in [2.24, 2.45) is 5.73 Å². The molecule has 0 heterocycles. The Bertz CT molecular complexity index is 732. The van der Waals surface area contributed by atoms with Gasteiger partial charge in [0, 0.05) is 25.1 Å². The van der Waals surface area contributed by atoms with Crippen molar-refractivity contribution in [2.45, 2.75) is 18.9 Å². The Morgan fingerprint density at radius 3 is 2.52 bits per heavy atom. The summed E-state index contributed by atoms with van der Waals surface area (Å²) in [6, 6.07) is 14.3. The van der Waals surface area contributed by atoms with E-state index in [9.17, 15) is 9.59 Å². The summed E-state index contributed by atoms with van der Waals surface area (Å²) in [4.78, 5) is 24.0. The number of rotatable bonds is 7. The molecule has 2 amide bonds. The van der Waals surface area contributed by atoms with Gasteiger partial charge in [0.1, 0.15) is 5.75 Å². The van der Waals surface area contributed by atoms with E-state index < -0.39 is 0 Å². The van der Waals surface area contributed by atoms with E-state index in [0.29, 0.717) is 23.4 Å². The molecule has 6 heteroatoms. The van der Waals surface area contributed by atoms with Gasteiger partial charge in [0.2, 0.25) is 5.91 Å². The van der Waals surface area contributed by atoms with Crippen LogP contribution in [0.4, 0.5) is 5.69 Å². The van der Waals surface area contributed by atoms with Gasteiger partial charge in [-0.05, 0) is 30.2 Å². The van der Waals surface area contributed by atoms with E-state index in [2.05, 4.69) is 10.6 Å². The second-order valence-corrected chi connectivity index (χ2v) is 5.70. The molecule has 0 saturated heterocycles. The fourth-order valence-corrected chi connectivity index (χ4v) is 2.52. The fraction of sp³-hybridized carbons (Fsp3) is 0.263. The number of amides is 2. The highest BCUT2D eigenvalue weighted by Gasteiger charge is 2.14. The molecule has 0 aromatic heterocycles. The van der Waals surface area contributed by atoms with E-state index in [1.165, 1.54) is 7.11 Å². The number of anilines is 1. The maximum Gasteiger partial charge on any atom is 0.251 e. The first-order chi connectivity index (χ1) is 12.0. The largest absolute Gasteiger partial charge is 0.495 e. The lowest BCUT2D eigenvalue weighted by Crippen LogP contribution is -2.29. The first-order valence-electron chi connectivity index (χ1n) is 8.03. The number of ether oxygens (including phenoxy) is 1. The molecule has 0 spiro atoms. The maximum absolute atomic E-state index is 12.3. The van der Waals surface area contributed by atoms with Crippen LogP contribution in [0.15, 0.2) is 48.5 Å². The molecule has 0 bridgehead atoms. The van der Waals surface area contributed by atoms with Crippen molar-refractivity contribution < 1.29 is 14.3 Å². The third-order valence-electron chi connectivity index (χ3n) is 3.75. The molecule has 6 nitrogen and oxygen atoms in total. The zero-order valence-electron chi connectivity index (χ0n) is 14.4. The SMILES string of the molecule is CNC(=O)c1ccc(OC)c(NC(=O)CC(N)Cc2ccccc2)c1. The first kappa shape index (κ1) is 18.5. The van der Waals surface area contributed by atoms with Gasteiger partial charge in [-0.25, -0.2) is 0 Å². The second kappa shape index (κ2) is 8.84. The molecule has 0 aliphatic rings. The lowest BCUT2D eigenvalue weighted by molar-refractivity contribution is -0.116. The molecule has 2 aromatic rings. The molecule has 0 fully saturated rings. The number of nitrogens with two attached hydrogens (primary N) is 1. The van der Waals surface area contributed by atoms with Crippen molar-refractivity contribution in [3.05, 3.63) is 59.7 Å². The number of benzene rings is 2. The molecular weight excluding hydrogens is 318 g/mol. The molecule has 0 radical (unpaired) electrons. The van der Waals surface area contributed by atoms with E-state index in [1.54, 1.807) is 25.2 Å². The first-order valence-corrected chi connectivity index (χ1v) is 8.03. The van der Waals surface area contributed by atoms with Crippen LogP contribution in [0.5, 0.6) is 5.75 Å². The average molecular weight is 341 g/mol. The Morgan fingerprint density at radius 2 is 1.88 bits per heavy atom. The van der Waals surface area contributed by atoms with Crippen LogP contribution in [0.25, 0.3) is 0 Å². The van der Waals surface area contributed by atoms with E-state index in [0.717, 1.165) is 5.56 Å². The van der Waals surface area contributed by atoms with Crippen LogP contribution in [0.1, 0.15) is 22.3 Å². The van der Waals surface area contributed by atoms with Crippen molar-refractivity contribution in [1.29, 1.82) is 0 Å². The quantitative estimate of drug-likeness (QED) is 0.717. The number of hydrogen-bond acceptors (Lipinski definition) is 4. The molecule has 0 aliphatic heterocycles. The van der Waals surface area contributed by atoms with E-state index in [4.69, 9.17) is 10.5 Å². The van der Waals surface area contributed by atoms with Crippen molar-refractivity contribution in [2.75, 3.05) is 19.5 Å². The molecule has 0 aliphatic carbocycles. The number of methoxy groups -OCH3 is 1. The molecule has 132 valence electrons. The van der Waals surface area contributed by atoms with Crippen LogP contribution in [-0.4, -0.2) is 32.0 Å². The minimum absolute atomic E-state index is 0.169. The predicted octanol–water partition coefficient (Wildman–Crippen LogP) is 1.95. The van der Waals surface area contributed by atoms with Gasteiger partial charge in [0.15, 0.2) is 0 Å². The zero-order chi connectivity index (χ0) is 18.2. The topological polar surface area (TPSA) is 93.5 Å². The monoisotopic (exact) mass is 341 g/mol. The van der Waals surface area contributed by atoms with E-state index in [-0.39, 0.29) is 24.3 Å². The van der Waals surface area contributed by atoms with Crippen molar-refractivity contribution in [3.63, 3.8) is 0 Å². The molecule has 4 N–H and O–H groups in total. The normalized spacial score (nSPS) is 11.5. The smallest absolute Gasteiger partial charge is 0.251 e.